The maximum Gasteiger partial charge on any atom is 0.0175 e. The molecule has 2 saturated carbocycles. The van der Waals surface area contributed by atoms with Crippen molar-refractivity contribution in [3.63, 3.8) is 0 Å². The lowest BCUT2D eigenvalue weighted by Crippen LogP contribution is -2.41. The third kappa shape index (κ3) is 4.34. The first-order valence-corrected chi connectivity index (χ1v) is 11.7. The zero-order valence-corrected chi connectivity index (χ0v) is 18.0. The monoisotopic (exact) mass is 404 g/mol. The Hall–Kier alpha value is -0.300. The minimum absolute atomic E-state index is 0.688. The van der Waals surface area contributed by atoms with E-state index in [-0.39, 0.29) is 0 Å². The van der Waals surface area contributed by atoms with Crippen molar-refractivity contribution in [2.75, 3.05) is 0 Å². The third-order valence-corrected chi connectivity index (χ3v) is 8.14. The second kappa shape index (κ2) is 9.07. The van der Waals surface area contributed by atoms with Crippen molar-refractivity contribution >= 4 is 15.9 Å². The van der Waals surface area contributed by atoms with Crippen molar-refractivity contribution < 1.29 is 0 Å². The van der Waals surface area contributed by atoms with Crippen LogP contribution in [0.3, 0.4) is 0 Å². The quantitative estimate of drug-likeness (QED) is 0.445. The van der Waals surface area contributed by atoms with E-state index in [4.69, 9.17) is 0 Å². The summed E-state index contributed by atoms with van der Waals surface area (Å²) >= 11 is 3.58. The molecule has 0 amide bonds. The summed E-state index contributed by atoms with van der Waals surface area (Å²) in [5.41, 5.74) is 2.26. The molecular weight excluding hydrogens is 368 g/mol. The first-order valence-electron chi connectivity index (χ1n) is 10.9. The van der Waals surface area contributed by atoms with Crippen molar-refractivity contribution in [1.82, 2.24) is 0 Å². The lowest BCUT2D eigenvalue weighted by atomic mass is 9.54. The molecule has 0 aliphatic heterocycles. The van der Waals surface area contributed by atoms with Gasteiger partial charge in [0, 0.05) is 4.47 Å². The van der Waals surface area contributed by atoms with Gasteiger partial charge in [-0.25, -0.2) is 0 Å². The summed E-state index contributed by atoms with van der Waals surface area (Å²) in [6.45, 7) is 4.85. The van der Waals surface area contributed by atoms with Gasteiger partial charge in [-0.05, 0) is 79.4 Å². The molecule has 2 aliphatic carbocycles. The Bertz CT molecular complexity index is 503. The standard InChI is InChI=1S/C24H37Br/c1-3-8-21(4-2)24(17-6-5-7-18-24)22-13-9-19(10-14-22)20-11-15-23(25)16-12-20/h11-12,15-16,19,21-22H,3-10,13-14,17-18H2,1-2H3. The molecule has 1 aromatic carbocycles. The van der Waals surface area contributed by atoms with Crippen LogP contribution in [-0.2, 0) is 0 Å². The average Bonchev–Trinajstić information content (AvgIpc) is 2.67. The van der Waals surface area contributed by atoms with Crippen molar-refractivity contribution in [1.29, 1.82) is 0 Å². The Morgan fingerprint density at radius 2 is 1.60 bits per heavy atom. The summed E-state index contributed by atoms with van der Waals surface area (Å²) in [7, 11) is 0. The molecule has 0 saturated heterocycles. The van der Waals surface area contributed by atoms with Crippen LogP contribution in [-0.4, -0.2) is 0 Å². The molecule has 0 heterocycles. The zero-order valence-electron chi connectivity index (χ0n) is 16.4. The highest BCUT2D eigenvalue weighted by molar-refractivity contribution is 9.10. The molecule has 0 bridgehead atoms. The lowest BCUT2D eigenvalue weighted by molar-refractivity contribution is -0.00499. The van der Waals surface area contributed by atoms with Gasteiger partial charge in [-0.2, -0.15) is 0 Å². The topological polar surface area (TPSA) is 0 Å². The summed E-state index contributed by atoms with van der Waals surface area (Å²) in [6, 6.07) is 9.13. The van der Waals surface area contributed by atoms with Crippen LogP contribution in [0, 0.1) is 17.3 Å². The molecule has 2 aliphatic rings. The average molecular weight is 405 g/mol. The largest absolute Gasteiger partial charge is 0.0654 e. The maximum absolute atomic E-state index is 3.58. The molecule has 0 nitrogen and oxygen atoms in total. The number of halogens is 1. The highest BCUT2D eigenvalue weighted by Crippen LogP contribution is 2.56. The van der Waals surface area contributed by atoms with E-state index in [1.54, 1.807) is 5.56 Å². The summed E-state index contributed by atoms with van der Waals surface area (Å²) in [6.07, 6.45) is 17.5. The number of benzene rings is 1. The van der Waals surface area contributed by atoms with Crippen LogP contribution in [0.25, 0.3) is 0 Å². The Labute approximate surface area is 164 Å². The van der Waals surface area contributed by atoms with Crippen LogP contribution >= 0.6 is 15.9 Å². The molecule has 0 aromatic heterocycles. The van der Waals surface area contributed by atoms with Crippen LogP contribution < -0.4 is 0 Å². The Morgan fingerprint density at radius 1 is 0.960 bits per heavy atom. The molecule has 3 rings (SSSR count). The predicted molar refractivity (Wildman–Crippen MR) is 113 cm³/mol. The highest BCUT2D eigenvalue weighted by Gasteiger charge is 2.45. The van der Waals surface area contributed by atoms with E-state index in [9.17, 15) is 0 Å². The van der Waals surface area contributed by atoms with Gasteiger partial charge < -0.3 is 0 Å². The third-order valence-electron chi connectivity index (χ3n) is 7.61. The van der Waals surface area contributed by atoms with Gasteiger partial charge in [-0.1, -0.05) is 80.4 Å². The Kier molecular flexibility index (Phi) is 7.06. The summed E-state index contributed by atoms with van der Waals surface area (Å²) in [5, 5.41) is 0. The Balaban J connectivity index is 1.70. The maximum atomic E-state index is 3.58. The van der Waals surface area contributed by atoms with E-state index in [0.29, 0.717) is 5.41 Å². The molecule has 1 aromatic rings. The molecule has 1 heteroatoms. The van der Waals surface area contributed by atoms with Crippen LogP contribution in [0.1, 0.15) is 102 Å². The van der Waals surface area contributed by atoms with Gasteiger partial charge in [0.15, 0.2) is 0 Å². The summed E-state index contributed by atoms with van der Waals surface area (Å²) in [5.74, 6) is 2.78. The van der Waals surface area contributed by atoms with Gasteiger partial charge in [-0.3, -0.25) is 0 Å². The molecule has 25 heavy (non-hydrogen) atoms. The van der Waals surface area contributed by atoms with Crippen LogP contribution in [0.2, 0.25) is 0 Å². The molecule has 0 radical (unpaired) electrons. The SMILES string of the molecule is CCCC(CC)C1(C2CCC(c3ccc(Br)cc3)CC2)CCCCC1. The summed E-state index contributed by atoms with van der Waals surface area (Å²) in [4.78, 5) is 0. The zero-order chi connectivity index (χ0) is 17.7. The second-order valence-corrected chi connectivity index (χ2v) is 9.70. The van der Waals surface area contributed by atoms with E-state index >= 15 is 0 Å². The molecule has 140 valence electrons. The van der Waals surface area contributed by atoms with Crippen molar-refractivity contribution in [2.45, 2.75) is 96.8 Å². The highest BCUT2D eigenvalue weighted by atomic mass is 79.9. The molecular formula is C24H37Br. The molecule has 0 N–H and O–H groups in total. The first-order chi connectivity index (χ1) is 12.2. The number of hydrogen-bond donors (Lipinski definition) is 0. The molecule has 2 fully saturated rings. The van der Waals surface area contributed by atoms with Crippen molar-refractivity contribution in [2.24, 2.45) is 17.3 Å². The normalized spacial score (nSPS) is 27.8. The van der Waals surface area contributed by atoms with Crippen LogP contribution in [0.15, 0.2) is 28.7 Å². The van der Waals surface area contributed by atoms with Gasteiger partial charge in [0.1, 0.15) is 0 Å². The van der Waals surface area contributed by atoms with Crippen molar-refractivity contribution in [3.05, 3.63) is 34.3 Å². The predicted octanol–water partition coefficient (Wildman–Crippen LogP) is 8.50. The minimum atomic E-state index is 0.688. The Morgan fingerprint density at radius 3 is 2.16 bits per heavy atom. The lowest BCUT2D eigenvalue weighted by Gasteiger charge is -2.51. The van der Waals surface area contributed by atoms with Gasteiger partial charge in [0.05, 0.1) is 0 Å². The van der Waals surface area contributed by atoms with E-state index in [2.05, 4.69) is 54.0 Å². The number of hydrogen-bond acceptors (Lipinski definition) is 0. The smallest absolute Gasteiger partial charge is 0.0175 e. The summed E-state index contributed by atoms with van der Waals surface area (Å²) < 4.78 is 1.21. The molecule has 1 atom stereocenters. The fourth-order valence-electron chi connectivity index (χ4n) is 6.34. The van der Waals surface area contributed by atoms with E-state index in [1.165, 1.54) is 81.5 Å². The molecule has 0 spiro atoms. The number of rotatable bonds is 6. The first kappa shape index (κ1) is 19.5. The van der Waals surface area contributed by atoms with E-state index in [1.807, 2.05) is 0 Å². The fraction of sp³-hybridized carbons (Fsp3) is 0.750. The van der Waals surface area contributed by atoms with Gasteiger partial charge in [0.2, 0.25) is 0 Å². The second-order valence-electron chi connectivity index (χ2n) is 8.79. The van der Waals surface area contributed by atoms with Crippen LogP contribution in [0.4, 0.5) is 0 Å². The van der Waals surface area contributed by atoms with Crippen molar-refractivity contribution in [3.8, 4) is 0 Å². The van der Waals surface area contributed by atoms with Gasteiger partial charge >= 0.3 is 0 Å². The minimum Gasteiger partial charge on any atom is -0.0654 e. The van der Waals surface area contributed by atoms with Crippen LogP contribution in [0.5, 0.6) is 0 Å². The van der Waals surface area contributed by atoms with E-state index < -0.39 is 0 Å². The molecule has 1 unspecified atom stereocenters. The fourth-order valence-corrected chi connectivity index (χ4v) is 6.61. The van der Waals surface area contributed by atoms with Gasteiger partial charge in [0.25, 0.3) is 0 Å². The van der Waals surface area contributed by atoms with Gasteiger partial charge in [-0.15, -0.1) is 0 Å². The van der Waals surface area contributed by atoms with E-state index in [0.717, 1.165) is 17.8 Å².